The average Bonchev–Trinajstić information content (AvgIpc) is 2.03. The molecule has 0 saturated carbocycles. The fourth-order valence-electron chi connectivity index (χ4n) is 0.644. The highest BCUT2D eigenvalue weighted by Gasteiger charge is 1.96. The number of nitriles is 1. The van der Waals surface area contributed by atoms with Crippen molar-refractivity contribution in [3.8, 4) is 17.9 Å². The maximum absolute atomic E-state index is 8.16. The van der Waals surface area contributed by atoms with Crippen LogP contribution in [-0.4, -0.2) is 4.98 Å². The van der Waals surface area contributed by atoms with Crippen molar-refractivity contribution in [2.45, 2.75) is 0 Å². The minimum absolute atomic E-state index is 0.315. The van der Waals surface area contributed by atoms with Crippen molar-refractivity contribution in [2.75, 3.05) is 5.73 Å². The number of nitrogens with zero attached hydrogens (tertiary/aromatic N) is 2. The second kappa shape index (κ2) is 3.61. The van der Waals surface area contributed by atoms with Crippen molar-refractivity contribution in [2.24, 2.45) is 0 Å². The van der Waals surface area contributed by atoms with Crippen LogP contribution in [0.15, 0.2) is 12.3 Å². The summed E-state index contributed by atoms with van der Waals surface area (Å²) in [7, 11) is 0. The highest BCUT2D eigenvalue weighted by molar-refractivity contribution is 6.29. The lowest BCUT2D eigenvalue weighted by Crippen LogP contribution is -1.91. The Hall–Kier alpha value is -1.71. The molecule has 0 aromatic carbocycles. The van der Waals surface area contributed by atoms with E-state index in [1.807, 2.05) is 0 Å². The number of anilines is 1. The number of pyridine rings is 1. The van der Waals surface area contributed by atoms with E-state index in [0.29, 0.717) is 16.4 Å². The summed E-state index contributed by atoms with van der Waals surface area (Å²) in [6, 6.07) is 3.17. The van der Waals surface area contributed by atoms with Gasteiger partial charge in [-0.3, -0.25) is 0 Å². The third kappa shape index (κ3) is 1.88. The fraction of sp³-hybridized carbons (Fsp3) is 0. The third-order valence-corrected chi connectivity index (χ3v) is 1.36. The maximum atomic E-state index is 8.16. The number of aromatic nitrogens is 1. The van der Waals surface area contributed by atoms with E-state index in [1.165, 1.54) is 12.3 Å². The molecule has 4 heteroatoms. The van der Waals surface area contributed by atoms with Gasteiger partial charge in [-0.2, -0.15) is 5.26 Å². The molecule has 0 atom stereocenters. The van der Waals surface area contributed by atoms with Crippen LogP contribution in [0.1, 0.15) is 5.56 Å². The molecule has 0 aliphatic heterocycles. The molecule has 1 heterocycles. The molecule has 0 fully saturated rings. The monoisotopic (exact) mass is 177 g/mol. The summed E-state index contributed by atoms with van der Waals surface area (Å²) in [5.41, 5.74) is 6.47. The van der Waals surface area contributed by atoms with Gasteiger partial charge in [-0.05, 0) is 12.0 Å². The summed E-state index contributed by atoms with van der Waals surface area (Å²) in [5.74, 6) is 4.75. The third-order valence-electron chi connectivity index (χ3n) is 1.16. The number of nitrogens with two attached hydrogens (primary N) is 1. The Morgan fingerprint density at radius 1 is 1.58 bits per heavy atom. The largest absolute Gasteiger partial charge is 0.398 e. The van der Waals surface area contributed by atoms with Crippen LogP contribution in [0.4, 0.5) is 5.69 Å². The summed E-state index contributed by atoms with van der Waals surface area (Å²) in [5, 5.41) is 8.48. The zero-order valence-electron chi connectivity index (χ0n) is 6.00. The van der Waals surface area contributed by atoms with Gasteiger partial charge >= 0.3 is 0 Å². The van der Waals surface area contributed by atoms with Crippen molar-refractivity contribution in [1.82, 2.24) is 4.98 Å². The Labute approximate surface area is 74.8 Å². The predicted octanol–water partition coefficient (Wildman–Crippen LogP) is 1.19. The molecule has 0 spiro atoms. The molecule has 0 unspecified atom stereocenters. The molecule has 0 aliphatic carbocycles. The van der Waals surface area contributed by atoms with Crippen LogP contribution in [-0.2, 0) is 0 Å². The van der Waals surface area contributed by atoms with Gasteiger partial charge in [-0.15, -0.1) is 0 Å². The summed E-state index contributed by atoms with van der Waals surface area (Å²) < 4.78 is 0. The van der Waals surface area contributed by atoms with E-state index in [9.17, 15) is 0 Å². The molecular formula is C8H4ClN3. The first-order chi connectivity index (χ1) is 5.74. The van der Waals surface area contributed by atoms with Gasteiger partial charge in [0.2, 0.25) is 0 Å². The van der Waals surface area contributed by atoms with E-state index in [0.717, 1.165) is 0 Å². The lowest BCUT2D eigenvalue weighted by Gasteiger charge is -1.95. The van der Waals surface area contributed by atoms with Crippen LogP contribution in [0.3, 0.4) is 0 Å². The zero-order valence-corrected chi connectivity index (χ0v) is 6.76. The number of halogens is 1. The molecular weight excluding hydrogens is 174 g/mol. The van der Waals surface area contributed by atoms with Crippen molar-refractivity contribution in [3.63, 3.8) is 0 Å². The average molecular weight is 178 g/mol. The fourth-order valence-corrected chi connectivity index (χ4v) is 0.810. The van der Waals surface area contributed by atoms with Gasteiger partial charge in [0.1, 0.15) is 5.15 Å². The number of nitrogen functional groups attached to an aromatic ring is 1. The Bertz CT molecular complexity index is 395. The van der Waals surface area contributed by atoms with Gasteiger partial charge in [-0.1, -0.05) is 11.6 Å². The first kappa shape index (κ1) is 8.39. The van der Waals surface area contributed by atoms with E-state index in [4.69, 9.17) is 22.6 Å². The molecule has 0 radical (unpaired) electrons. The smallest absolute Gasteiger partial charge is 0.152 e. The molecule has 1 aromatic heterocycles. The molecule has 2 N–H and O–H groups in total. The highest BCUT2D eigenvalue weighted by Crippen LogP contribution is 2.13. The highest BCUT2D eigenvalue weighted by atomic mass is 35.5. The molecule has 3 nitrogen and oxygen atoms in total. The van der Waals surface area contributed by atoms with Gasteiger partial charge in [0.15, 0.2) is 6.07 Å². The minimum Gasteiger partial charge on any atom is -0.398 e. The van der Waals surface area contributed by atoms with Gasteiger partial charge in [0.25, 0.3) is 0 Å². The lowest BCUT2D eigenvalue weighted by atomic mass is 10.2. The summed E-state index contributed by atoms with van der Waals surface area (Å²) in [6.07, 6.45) is 1.43. The van der Waals surface area contributed by atoms with E-state index < -0.39 is 0 Å². The molecule has 0 bridgehead atoms. The predicted molar refractivity (Wildman–Crippen MR) is 46.2 cm³/mol. The van der Waals surface area contributed by atoms with Gasteiger partial charge in [-0.25, -0.2) is 4.98 Å². The van der Waals surface area contributed by atoms with E-state index in [1.54, 1.807) is 6.07 Å². The lowest BCUT2D eigenvalue weighted by molar-refractivity contribution is 1.32. The van der Waals surface area contributed by atoms with Crippen LogP contribution in [0.2, 0.25) is 5.15 Å². The van der Waals surface area contributed by atoms with E-state index in [2.05, 4.69) is 16.8 Å². The SMILES string of the molecule is N#CC#Cc1cnc(Cl)cc1N. The maximum Gasteiger partial charge on any atom is 0.152 e. The first-order valence-corrected chi connectivity index (χ1v) is 3.43. The quantitative estimate of drug-likeness (QED) is 0.478. The van der Waals surface area contributed by atoms with Crippen molar-refractivity contribution in [3.05, 3.63) is 23.0 Å². The van der Waals surface area contributed by atoms with Crippen molar-refractivity contribution < 1.29 is 0 Å². The summed E-state index contributed by atoms with van der Waals surface area (Å²) >= 11 is 5.55. The van der Waals surface area contributed by atoms with Crippen LogP contribution in [0, 0.1) is 23.2 Å². The topological polar surface area (TPSA) is 62.7 Å². The van der Waals surface area contributed by atoms with Crippen LogP contribution in [0.5, 0.6) is 0 Å². The standard InChI is InChI=1S/C8H4ClN3/c9-8-4-7(11)6(5-12-8)2-1-3-10/h4-5H,(H2,11,12). The Kier molecular flexibility index (Phi) is 2.53. The normalized spacial score (nSPS) is 8.00. The van der Waals surface area contributed by atoms with Crippen molar-refractivity contribution >= 4 is 17.3 Å². The second-order valence-electron chi connectivity index (χ2n) is 1.96. The van der Waals surface area contributed by atoms with Gasteiger partial charge in [0.05, 0.1) is 11.3 Å². The van der Waals surface area contributed by atoms with Crippen LogP contribution < -0.4 is 5.73 Å². The Morgan fingerprint density at radius 2 is 2.33 bits per heavy atom. The molecule has 0 amide bonds. The first-order valence-electron chi connectivity index (χ1n) is 3.05. The Morgan fingerprint density at radius 3 is 2.92 bits per heavy atom. The van der Waals surface area contributed by atoms with Crippen LogP contribution in [0.25, 0.3) is 0 Å². The van der Waals surface area contributed by atoms with E-state index in [-0.39, 0.29) is 0 Å². The molecule has 1 rings (SSSR count). The zero-order chi connectivity index (χ0) is 8.97. The van der Waals surface area contributed by atoms with Crippen LogP contribution >= 0.6 is 11.6 Å². The van der Waals surface area contributed by atoms with Gasteiger partial charge < -0.3 is 5.73 Å². The Balaban J connectivity index is 3.12. The van der Waals surface area contributed by atoms with E-state index >= 15 is 0 Å². The number of hydrogen-bond donors (Lipinski definition) is 1. The number of rotatable bonds is 0. The second-order valence-corrected chi connectivity index (χ2v) is 2.34. The molecule has 0 aliphatic rings. The van der Waals surface area contributed by atoms with Gasteiger partial charge in [0, 0.05) is 12.1 Å². The number of hydrogen-bond acceptors (Lipinski definition) is 3. The molecule has 1 aromatic rings. The summed E-state index contributed by atoms with van der Waals surface area (Å²) in [4.78, 5) is 3.77. The summed E-state index contributed by atoms with van der Waals surface area (Å²) in [6.45, 7) is 0. The molecule has 58 valence electrons. The molecule has 12 heavy (non-hydrogen) atoms. The molecule has 0 saturated heterocycles. The van der Waals surface area contributed by atoms with Crippen molar-refractivity contribution in [1.29, 1.82) is 5.26 Å². The minimum atomic E-state index is 0.315.